The second-order valence-corrected chi connectivity index (χ2v) is 2.59. The summed E-state index contributed by atoms with van der Waals surface area (Å²) in [6.45, 7) is 5.21. The van der Waals surface area contributed by atoms with Crippen molar-refractivity contribution < 1.29 is 14.6 Å². The highest BCUT2D eigenvalue weighted by molar-refractivity contribution is 5.81. The molecule has 0 aromatic heterocycles. The lowest BCUT2D eigenvalue weighted by molar-refractivity contribution is -0.145. The fourth-order valence-corrected chi connectivity index (χ4v) is 0.832. The summed E-state index contributed by atoms with van der Waals surface area (Å²) in [7, 11) is 0. The normalized spacial score (nSPS) is 12.2. The van der Waals surface area contributed by atoms with Crippen LogP contribution in [-0.4, -0.2) is 23.8 Å². The molecule has 0 radical (unpaired) electrons. The van der Waals surface area contributed by atoms with E-state index in [4.69, 9.17) is 9.84 Å². The highest BCUT2D eigenvalue weighted by Gasteiger charge is 2.09. The van der Waals surface area contributed by atoms with E-state index in [9.17, 15) is 4.79 Å². The third kappa shape index (κ3) is 4.91. The van der Waals surface area contributed by atoms with Crippen LogP contribution in [0.1, 0.15) is 26.2 Å². The molecule has 70 valence electrons. The van der Waals surface area contributed by atoms with Gasteiger partial charge in [0.15, 0.2) is 0 Å². The van der Waals surface area contributed by atoms with Gasteiger partial charge >= 0.3 is 5.97 Å². The molecule has 1 atom stereocenters. The van der Waals surface area contributed by atoms with E-state index >= 15 is 0 Å². The first kappa shape index (κ1) is 11.2. The lowest BCUT2D eigenvalue weighted by atomic mass is 10.2. The molecule has 0 aromatic rings. The number of aliphatic hydroxyl groups excluding tert-OH is 1. The minimum Gasteiger partial charge on any atom is -0.457 e. The van der Waals surface area contributed by atoms with Crippen LogP contribution in [0.5, 0.6) is 0 Å². The predicted molar refractivity (Wildman–Crippen MR) is 46.7 cm³/mol. The van der Waals surface area contributed by atoms with Crippen LogP contribution in [0.2, 0.25) is 0 Å². The number of hydrogen-bond donors (Lipinski definition) is 1. The number of esters is 1. The molecule has 0 heterocycles. The average Bonchev–Trinajstić information content (AvgIpc) is 2.11. The summed E-state index contributed by atoms with van der Waals surface area (Å²) >= 11 is 0. The predicted octanol–water partition coefficient (Wildman–Crippen LogP) is 1.27. The molecule has 0 saturated heterocycles. The van der Waals surface area contributed by atoms with Crippen molar-refractivity contribution in [1.82, 2.24) is 0 Å². The number of carbonyl (C=O) groups is 1. The van der Waals surface area contributed by atoms with Gasteiger partial charge in [-0.2, -0.15) is 0 Å². The van der Waals surface area contributed by atoms with E-state index in [0.717, 1.165) is 18.9 Å². The van der Waals surface area contributed by atoms with E-state index in [-0.39, 0.29) is 12.7 Å². The van der Waals surface area contributed by atoms with Gasteiger partial charge in [-0.3, -0.25) is 0 Å². The van der Waals surface area contributed by atoms with Crippen molar-refractivity contribution in [1.29, 1.82) is 0 Å². The fraction of sp³-hybridized carbons (Fsp3) is 0.667. The van der Waals surface area contributed by atoms with Crippen molar-refractivity contribution >= 4 is 5.97 Å². The van der Waals surface area contributed by atoms with Gasteiger partial charge in [0.25, 0.3) is 0 Å². The highest BCUT2D eigenvalue weighted by atomic mass is 16.5. The zero-order valence-corrected chi connectivity index (χ0v) is 7.45. The molecule has 0 aliphatic carbocycles. The quantitative estimate of drug-likeness (QED) is 0.484. The van der Waals surface area contributed by atoms with Crippen LogP contribution in [0, 0.1) is 0 Å². The van der Waals surface area contributed by atoms with Crippen LogP contribution in [0.15, 0.2) is 12.7 Å². The number of rotatable bonds is 6. The molecule has 0 bridgehead atoms. The van der Waals surface area contributed by atoms with Gasteiger partial charge < -0.3 is 9.84 Å². The van der Waals surface area contributed by atoms with Gasteiger partial charge in [0.1, 0.15) is 6.10 Å². The van der Waals surface area contributed by atoms with Gasteiger partial charge in [-0.1, -0.05) is 19.9 Å². The van der Waals surface area contributed by atoms with E-state index < -0.39 is 5.97 Å². The highest BCUT2D eigenvalue weighted by Crippen LogP contribution is 2.04. The summed E-state index contributed by atoms with van der Waals surface area (Å²) in [6, 6.07) is 0. The molecule has 0 amide bonds. The molecule has 1 N–H and O–H groups in total. The second kappa shape index (κ2) is 6.85. The summed E-state index contributed by atoms with van der Waals surface area (Å²) in [5.74, 6) is -0.467. The molecule has 0 saturated carbocycles. The second-order valence-electron chi connectivity index (χ2n) is 2.59. The molecule has 3 nitrogen and oxygen atoms in total. The van der Waals surface area contributed by atoms with Crippen molar-refractivity contribution in [3.05, 3.63) is 12.7 Å². The van der Waals surface area contributed by atoms with Crippen LogP contribution in [0.3, 0.4) is 0 Å². The molecule has 0 aliphatic rings. The maximum atomic E-state index is 10.7. The molecule has 0 spiro atoms. The van der Waals surface area contributed by atoms with Gasteiger partial charge in [-0.05, 0) is 12.8 Å². The van der Waals surface area contributed by atoms with Gasteiger partial charge in [0, 0.05) is 6.08 Å². The average molecular weight is 172 g/mol. The van der Waals surface area contributed by atoms with E-state index in [1.54, 1.807) is 0 Å². The minimum atomic E-state index is -0.467. The molecule has 0 aromatic carbocycles. The Bertz CT molecular complexity index is 143. The topological polar surface area (TPSA) is 46.5 Å². The number of unbranched alkanes of at least 4 members (excludes halogenated alkanes) is 1. The van der Waals surface area contributed by atoms with Crippen molar-refractivity contribution in [2.45, 2.75) is 32.3 Å². The first-order valence-electron chi connectivity index (χ1n) is 4.18. The summed E-state index contributed by atoms with van der Waals surface area (Å²) < 4.78 is 4.84. The van der Waals surface area contributed by atoms with Crippen LogP contribution >= 0.6 is 0 Å². The van der Waals surface area contributed by atoms with Crippen molar-refractivity contribution in [3.8, 4) is 0 Å². The zero-order valence-electron chi connectivity index (χ0n) is 7.45. The Morgan fingerprint density at radius 2 is 2.42 bits per heavy atom. The maximum Gasteiger partial charge on any atom is 0.330 e. The summed E-state index contributed by atoms with van der Waals surface area (Å²) in [5, 5.41) is 8.79. The minimum absolute atomic E-state index is 0.112. The number of carbonyl (C=O) groups excluding carboxylic acids is 1. The molecule has 0 fully saturated rings. The Kier molecular flexibility index (Phi) is 6.38. The van der Waals surface area contributed by atoms with E-state index in [1.165, 1.54) is 0 Å². The molecule has 0 aliphatic heterocycles. The Hall–Kier alpha value is -0.830. The first-order valence-corrected chi connectivity index (χ1v) is 4.18. The maximum absolute atomic E-state index is 10.7. The summed E-state index contributed by atoms with van der Waals surface area (Å²) in [4.78, 5) is 10.7. The van der Waals surface area contributed by atoms with Crippen LogP contribution in [0.4, 0.5) is 0 Å². The van der Waals surface area contributed by atoms with Crippen LogP contribution < -0.4 is 0 Å². The van der Waals surface area contributed by atoms with E-state index in [1.807, 2.05) is 6.92 Å². The lowest BCUT2D eigenvalue weighted by Gasteiger charge is -2.13. The number of aliphatic hydroxyl groups is 1. The Morgan fingerprint density at radius 1 is 1.75 bits per heavy atom. The molecule has 12 heavy (non-hydrogen) atoms. The Balaban J connectivity index is 3.66. The van der Waals surface area contributed by atoms with Gasteiger partial charge in [0.2, 0.25) is 0 Å². The van der Waals surface area contributed by atoms with E-state index in [0.29, 0.717) is 6.42 Å². The van der Waals surface area contributed by atoms with E-state index in [2.05, 4.69) is 6.58 Å². The number of ether oxygens (including phenoxy) is 1. The first-order chi connectivity index (χ1) is 5.74. The smallest absolute Gasteiger partial charge is 0.330 e. The zero-order chi connectivity index (χ0) is 9.40. The summed E-state index contributed by atoms with van der Waals surface area (Å²) in [5.41, 5.74) is 0. The Labute approximate surface area is 73.0 Å². The third-order valence-electron chi connectivity index (χ3n) is 1.53. The molecule has 0 rings (SSSR count). The fourth-order valence-electron chi connectivity index (χ4n) is 0.832. The van der Waals surface area contributed by atoms with Crippen molar-refractivity contribution in [2.75, 3.05) is 6.61 Å². The number of hydrogen-bond acceptors (Lipinski definition) is 3. The van der Waals surface area contributed by atoms with Gasteiger partial charge in [0.05, 0.1) is 6.61 Å². The molecular weight excluding hydrogens is 156 g/mol. The SMILES string of the molecule is C=CC(=O)OC(CO)CCCC. The van der Waals surface area contributed by atoms with Crippen molar-refractivity contribution in [3.63, 3.8) is 0 Å². The van der Waals surface area contributed by atoms with Gasteiger partial charge in [-0.25, -0.2) is 4.79 Å². The van der Waals surface area contributed by atoms with Crippen LogP contribution in [-0.2, 0) is 9.53 Å². The van der Waals surface area contributed by atoms with Crippen molar-refractivity contribution in [2.24, 2.45) is 0 Å². The standard InChI is InChI=1S/C9H16O3/c1-3-5-6-8(7-10)12-9(11)4-2/h4,8,10H,2-3,5-7H2,1H3. The van der Waals surface area contributed by atoms with Crippen LogP contribution in [0.25, 0.3) is 0 Å². The van der Waals surface area contributed by atoms with Gasteiger partial charge in [-0.15, -0.1) is 0 Å². The lowest BCUT2D eigenvalue weighted by Crippen LogP contribution is -2.20. The largest absolute Gasteiger partial charge is 0.457 e. The Morgan fingerprint density at radius 3 is 2.83 bits per heavy atom. The molecule has 3 heteroatoms. The summed E-state index contributed by atoms with van der Waals surface area (Å²) in [6.07, 6.45) is 3.44. The molecule has 1 unspecified atom stereocenters. The monoisotopic (exact) mass is 172 g/mol. The molecular formula is C9H16O3. The third-order valence-corrected chi connectivity index (χ3v) is 1.53.